The maximum absolute atomic E-state index is 12.4. The molecule has 0 heterocycles. The summed E-state index contributed by atoms with van der Waals surface area (Å²) >= 11 is 0. The molecule has 1 atom stereocenters. The van der Waals surface area contributed by atoms with Crippen molar-refractivity contribution >= 4 is 21.7 Å². The number of alkyl halides is 2. The number of halogens is 2. The van der Waals surface area contributed by atoms with Crippen molar-refractivity contribution in [3.8, 4) is 0 Å². The summed E-state index contributed by atoms with van der Waals surface area (Å²) in [5, 5.41) is 11.1. The fourth-order valence-electron chi connectivity index (χ4n) is 1.62. The molecule has 0 radical (unpaired) electrons. The summed E-state index contributed by atoms with van der Waals surface area (Å²) in [7, 11) is -4.69. The van der Waals surface area contributed by atoms with Crippen molar-refractivity contribution in [3.63, 3.8) is 0 Å². The monoisotopic (exact) mass is 335 g/mol. The van der Waals surface area contributed by atoms with E-state index in [4.69, 9.17) is 5.11 Å². The Morgan fingerprint density at radius 1 is 1.23 bits per heavy atom. The van der Waals surface area contributed by atoms with Gasteiger partial charge in [0.2, 0.25) is 9.84 Å². The Hall–Kier alpha value is -2.03. The molecule has 1 amide bonds. The Labute approximate surface area is 126 Å². The fraction of sp³-hybridized carbons (Fsp3) is 0.385. The first-order chi connectivity index (χ1) is 10.1. The van der Waals surface area contributed by atoms with Gasteiger partial charge in [0.25, 0.3) is 5.91 Å². The quantitative estimate of drug-likeness (QED) is 0.789. The van der Waals surface area contributed by atoms with Gasteiger partial charge in [-0.2, -0.15) is 8.78 Å². The van der Waals surface area contributed by atoms with Gasteiger partial charge in [0, 0.05) is 18.0 Å². The number of rotatable bonds is 7. The summed E-state index contributed by atoms with van der Waals surface area (Å²) in [6.07, 6.45) is 0.131. The summed E-state index contributed by atoms with van der Waals surface area (Å²) in [4.78, 5) is 21.7. The highest BCUT2D eigenvalue weighted by atomic mass is 32.2. The summed E-state index contributed by atoms with van der Waals surface area (Å²) < 4.78 is 47.2. The Balaban J connectivity index is 2.74. The van der Waals surface area contributed by atoms with Crippen molar-refractivity contribution in [2.24, 2.45) is 0 Å². The number of hydrogen-bond acceptors (Lipinski definition) is 4. The number of nitrogens with one attached hydrogen (secondary N) is 1. The molecule has 9 heteroatoms. The molecule has 0 spiro atoms. The van der Waals surface area contributed by atoms with Crippen LogP contribution in [0.1, 0.15) is 30.1 Å². The van der Waals surface area contributed by atoms with E-state index in [1.807, 2.05) is 0 Å². The Bertz CT molecular complexity index is 643. The van der Waals surface area contributed by atoms with Gasteiger partial charge < -0.3 is 10.4 Å². The van der Waals surface area contributed by atoms with E-state index < -0.39 is 38.4 Å². The zero-order chi connectivity index (χ0) is 16.9. The summed E-state index contributed by atoms with van der Waals surface area (Å²) in [6, 6.07) is 3.70. The lowest BCUT2D eigenvalue weighted by Crippen LogP contribution is -2.32. The minimum Gasteiger partial charge on any atom is -0.481 e. The molecule has 0 aliphatic rings. The maximum atomic E-state index is 12.4. The van der Waals surface area contributed by atoms with Gasteiger partial charge in [-0.3, -0.25) is 9.59 Å². The molecule has 0 aliphatic carbocycles. The summed E-state index contributed by atoms with van der Waals surface area (Å²) in [5.74, 6) is -5.05. The van der Waals surface area contributed by atoms with Crippen LogP contribution in [0.2, 0.25) is 0 Å². The SMILES string of the molecule is CC(CCC(=O)O)NC(=O)c1ccc(S(=O)(=O)C(F)F)cc1. The molecule has 1 rings (SSSR count). The van der Waals surface area contributed by atoms with E-state index in [1.165, 1.54) is 0 Å². The van der Waals surface area contributed by atoms with Crippen LogP contribution in [-0.4, -0.2) is 37.2 Å². The highest BCUT2D eigenvalue weighted by Crippen LogP contribution is 2.18. The van der Waals surface area contributed by atoms with E-state index in [-0.39, 0.29) is 18.4 Å². The fourth-order valence-corrected chi connectivity index (χ4v) is 2.34. The third-order valence-electron chi connectivity index (χ3n) is 2.85. The molecular formula is C13H15F2NO5S. The number of benzene rings is 1. The number of carbonyl (C=O) groups is 2. The molecule has 0 aromatic heterocycles. The van der Waals surface area contributed by atoms with E-state index in [0.717, 1.165) is 24.3 Å². The second kappa shape index (κ2) is 7.30. The van der Waals surface area contributed by atoms with Crippen LogP contribution in [0.25, 0.3) is 0 Å². The third kappa shape index (κ3) is 4.76. The van der Waals surface area contributed by atoms with Gasteiger partial charge in [-0.25, -0.2) is 8.42 Å². The van der Waals surface area contributed by atoms with Gasteiger partial charge in [-0.15, -0.1) is 0 Å². The van der Waals surface area contributed by atoms with Crippen LogP contribution in [0.5, 0.6) is 0 Å². The van der Waals surface area contributed by atoms with E-state index in [9.17, 15) is 26.8 Å². The lowest BCUT2D eigenvalue weighted by atomic mass is 10.1. The average Bonchev–Trinajstić information content (AvgIpc) is 2.45. The number of carbonyl (C=O) groups excluding carboxylic acids is 1. The molecule has 1 unspecified atom stereocenters. The van der Waals surface area contributed by atoms with Crippen molar-refractivity contribution in [1.82, 2.24) is 5.32 Å². The highest BCUT2D eigenvalue weighted by Gasteiger charge is 2.26. The van der Waals surface area contributed by atoms with E-state index in [0.29, 0.717) is 0 Å². The Morgan fingerprint density at radius 3 is 2.23 bits per heavy atom. The van der Waals surface area contributed by atoms with E-state index >= 15 is 0 Å². The maximum Gasteiger partial charge on any atom is 0.341 e. The molecule has 122 valence electrons. The third-order valence-corrected chi connectivity index (χ3v) is 4.25. The van der Waals surface area contributed by atoms with Crippen molar-refractivity contribution in [2.45, 2.75) is 36.5 Å². The minimum absolute atomic E-state index is 0.0930. The van der Waals surface area contributed by atoms with Crippen LogP contribution in [0.4, 0.5) is 8.78 Å². The Kier molecular flexibility index (Phi) is 5.98. The topological polar surface area (TPSA) is 101 Å². The highest BCUT2D eigenvalue weighted by molar-refractivity contribution is 7.91. The summed E-state index contributed by atoms with van der Waals surface area (Å²) in [5.41, 5.74) is 0.0930. The van der Waals surface area contributed by atoms with Gasteiger partial charge in [0.1, 0.15) is 0 Å². The van der Waals surface area contributed by atoms with Crippen molar-refractivity contribution in [1.29, 1.82) is 0 Å². The molecular weight excluding hydrogens is 320 g/mol. The zero-order valence-electron chi connectivity index (χ0n) is 11.6. The standard InChI is InChI=1S/C13H15F2NO5S/c1-8(2-7-11(17)18)16-12(19)9-3-5-10(6-4-9)22(20,21)13(14)15/h3-6,8,13H,2,7H2,1H3,(H,16,19)(H,17,18). The first-order valence-electron chi connectivity index (χ1n) is 6.29. The van der Waals surface area contributed by atoms with Crippen LogP contribution < -0.4 is 5.32 Å². The molecule has 0 fully saturated rings. The molecule has 0 saturated carbocycles. The van der Waals surface area contributed by atoms with Gasteiger partial charge in [0.15, 0.2) is 0 Å². The number of carboxylic acid groups (broad SMARTS) is 1. The van der Waals surface area contributed by atoms with Crippen LogP contribution in [-0.2, 0) is 14.6 Å². The van der Waals surface area contributed by atoms with Crippen LogP contribution >= 0.6 is 0 Å². The van der Waals surface area contributed by atoms with Crippen LogP contribution in [0.3, 0.4) is 0 Å². The molecule has 0 aliphatic heterocycles. The van der Waals surface area contributed by atoms with Crippen molar-refractivity contribution in [3.05, 3.63) is 29.8 Å². The largest absolute Gasteiger partial charge is 0.481 e. The normalized spacial score (nSPS) is 12.9. The molecule has 22 heavy (non-hydrogen) atoms. The van der Waals surface area contributed by atoms with Crippen LogP contribution in [0.15, 0.2) is 29.2 Å². The first kappa shape index (κ1) is 18.0. The van der Waals surface area contributed by atoms with Crippen LogP contribution in [0, 0.1) is 0 Å². The number of amides is 1. The second-order valence-electron chi connectivity index (χ2n) is 4.64. The lowest BCUT2D eigenvalue weighted by molar-refractivity contribution is -0.137. The predicted molar refractivity (Wildman–Crippen MR) is 73.4 cm³/mol. The van der Waals surface area contributed by atoms with Gasteiger partial charge in [-0.05, 0) is 37.6 Å². The zero-order valence-corrected chi connectivity index (χ0v) is 12.4. The first-order valence-corrected chi connectivity index (χ1v) is 7.84. The molecule has 6 nitrogen and oxygen atoms in total. The van der Waals surface area contributed by atoms with Crippen molar-refractivity contribution < 1.29 is 31.9 Å². The van der Waals surface area contributed by atoms with Gasteiger partial charge in [0.05, 0.1) is 4.90 Å². The second-order valence-corrected chi connectivity index (χ2v) is 6.55. The Morgan fingerprint density at radius 2 is 1.77 bits per heavy atom. The van der Waals surface area contributed by atoms with Crippen molar-refractivity contribution in [2.75, 3.05) is 0 Å². The predicted octanol–water partition coefficient (Wildman–Crippen LogP) is 1.67. The number of sulfone groups is 1. The minimum atomic E-state index is -4.69. The van der Waals surface area contributed by atoms with E-state index in [1.54, 1.807) is 6.92 Å². The number of carboxylic acids is 1. The summed E-state index contributed by atoms with van der Waals surface area (Å²) in [6.45, 7) is 1.62. The average molecular weight is 335 g/mol. The molecule has 1 aromatic carbocycles. The molecule has 2 N–H and O–H groups in total. The number of aliphatic carboxylic acids is 1. The van der Waals surface area contributed by atoms with E-state index in [2.05, 4.69) is 5.32 Å². The molecule has 1 aromatic rings. The van der Waals surface area contributed by atoms with Gasteiger partial charge >= 0.3 is 11.7 Å². The lowest BCUT2D eigenvalue weighted by Gasteiger charge is -2.13. The smallest absolute Gasteiger partial charge is 0.341 e. The molecule has 0 saturated heterocycles. The molecule has 0 bridgehead atoms. The number of hydrogen-bond donors (Lipinski definition) is 2. The van der Waals surface area contributed by atoms with Gasteiger partial charge in [-0.1, -0.05) is 0 Å².